The van der Waals surface area contributed by atoms with E-state index in [-0.39, 0.29) is 12.6 Å². The standard InChI is InChI=1S/C32H35ClN4O3S/c1-18-13-23-27(41-29(36-23)21-14-20-16-35-37(8)28(20)34-15-21)26(19-9-11-22(33)12-10-19)25(18)24(40-32(5,6)7)17-39-30(38)31(2,3)4/h9-16,24H,17H2,1-8H3/t24-/m0/s1. The zero-order chi connectivity index (χ0) is 29.7. The molecular formula is C32H35ClN4O3S. The Kier molecular flexibility index (Phi) is 7.70. The van der Waals surface area contributed by atoms with Crippen LogP contribution < -0.4 is 0 Å². The molecule has 9 heteroatoms. The summed E-state index contributed by atoms with van der Waals surface area (Å²) in [4.78, 5) is 22.5. The number of hydrogen-bond acceptors (Lipinski definition) is 7. The van der Waals surface area contributed by atoms with Gasteiger partial charge in [-0.15, -0.1) is 11.3 Å². The number of aryl methyl sites for hydroxylation is 2. The first-order valence-corrected chi connectivity index (χ1v) is 14.7. The van der Waals surface area contributed by atoms with Crippen molar-refractivity contribution < 1.29 is 14.3 Å². The number of pyridine rings is 1. The molecule has 0 radical (unpaired) electrons. The van der Waals surface area contributed by atoms with Crippen molar-refractivity contribution in [1.29, 1.82) is 0 Å². The maximum atomic E-state index is 12.8. The SMILES string of the molecule is Cc1cc2nc(-c3cnc4c(cnn4C)c3)sc2c(-c2ccc(Cl)cc2)c1[C@H](COC(=O)C(C)(C)C)OC(C)(C)C. The van der Waals surface area contributed by atoms with Gasteiger partial charge in [0.2, 0.25) is 0 Å². The fraction of sp³-hybridized carbons (Fsp3) is 0.375. The summed E-state index contributed by atoms with van der Waals surface area (Å²) in [6.45, 7) is 13.7. The predicted octanol–water partition coefficient (Wildman–Crippen LogP) is 8.32. The van der Waals surface area contributed by atoms with E-state index in [9.17, 15) is 4.79 Å². The van der Waals surface area contributed by atoms with Crippen molar-refractivity contribution in [1.82, 2.24) is 19.7 Å². The minimum Gasteiger partial charge on any atom is -0.462 e. The lowest BCUT2D eigenvalue weighted by molar-refractivity contribution is -0.162. The molecule has 0 saturated heterocycles. The van der Waals surface area contributed by atoms with Gasteiger partial charge in [0, 0.05) is 34.8 Å². The Morgan fingerprint density at radius 3 is 2.41 bits per heavy atom. The van der Waals surface area contributed by atoms with Crippen molar-refractivity contribution >= 4 is 50.2 Å². The lowest BCUT2D eigenvalue weighted by atomic mass is 9.91. The molecule has 1 atom stereocenters. The van der Waals surface area contributed by atoms with Crippen LogP contribution in [0.25, 0.3) is 42.9 Å². The smallest absolute Gasteiger partial charge is 0.311 e. The minimum atomic E-state index is -0.625. The summed E-state index contributed by atoms with van der Waals surface area (Å²) in [6.07, 6.45) is 3.15. The highest BCUT2D eigenvalue weighted by Gasteiger charge is 2.31. The molecule has 0 saturated carbocycles. The highest BCUT2D eigenvalue weighted by Crippen LogP contribution is 2.44. The quantitative estimate of drug-likeness (QED) is 0.185. The van der Waals surface area contributed by atoms with Crippen LogP contribution in [0.5, 0.6) is 0 Å². The predicted molar refractivity (Wildman–Crippen MR) is 166 cm³/mol. The van der Waals surface area contributed by atoms with Gasteiger partial charge >= 0.3 is 5.97 Å². The van der Waals surface area contributed by atoms with E-state index in [0.29, 0.717) is 5.02 Å². The molecule has 5 aromatic rings. The maximum absolute atomic E-state index is 12.8. The molecule has 5 rings (SSSR count). The lowest BCUT2D eigenvalue weighted by Crippen LogP contribution is -2.30. The van der Waals surface area contributed by atoms with Gasteiger partial charge in [0.15, 0.2) is 5.65 Å². The fourth-order valence-electron chi connectivity index (χ4n) is 4.78. The summed E-state index contributed by atoms with van der Waals surface area (Å²) in [5.41, 5.74) is 5.46. The second-order valence-corrected chi connectivity index (χ2v) is 13.8. The first-order valence-electron chi connectivity index (χ1n) is 13.5. The molecule has 0 aliphatic carbocycles. The van der Waals surface area contributed by atoms with Crippen LogP contribution in [0.15, 0.2) is 48.8 Å². The van der Waals surface area contributed by atoms with Crippen LogP contribution >= 0.6 is 22.9 Å². The third-order valence-corrected chi connectivity index (χ3v) is 8.07. The number of nitrogens with zero attached hydrogens (tertiary/aromatic N) is 4. The third kappa shape index (κ3) is 6.15. The van der Waals surface area contributed by atoms with E-state index in [4.69, 9.17) is 26.1 Å². The van der Waals surface area contributed by atoms with Crippen LogP contribution in [0.3, 0.4) is 0 Å². The van der Waals surface area contributed by atoms with Gasteiger partial charge in [-0.1, -0.05) is 23.7 Å². The topological polar surface area (TPSA) is 79.1 Å². The highest BCUT2D eigenvalue weighted by molar-refractivity contribution is 7.22. The second-order valence-electron chi connectivity index (χ2n) is 12.3. The van der Waals surface area contributed by atoms with E-state index in [1.807, 2.05) is 85.2 Å². The van der Waals surface area contributed by atoms with Crippen molar-refractivity contribution in [3.05, 3.63) is 64.9 Å². The molecular weight excluding hydrogens is 556 g/mol. The zero-order valence-electron chi connectivity index (χ0n) is 24.7. The molecule has 7 nitrogen and oxygen atoms in total. The summed E-state index contributed by atoms with van der Waals surface area (Å²) >= 11 is 7.90. The minimum absolute atomic E-state index is 0.0908. The number of aromatic nitrogens is 4. The molecule has 0 spiro atoms. The molecule has 0 amide bonds. The largest absolute Gasteiger partial charge is 0.462 e. The van der Waals surface area contributed by atoms with E-state index in [1.54, 1.807) is 16.0 Å². The van der Waals surface area contributed by atoms with Crippen LogP contribution in [-0.4, -0.2) is 37.9 Å². The maximum Gasteiger partial charge on any atom is 0.311 e. The first kappa shape index (κ1) is 29.2. The van der Waals surface area contributed by atoms with Gasteiger partial charge in [0.1, 0.15) is 17.7 Å². The Balaban J connectivity index is 1.71. The molecule has 0 bridgehead atoms. The van der Waals surface area contributed by atoms with E-state index in [0.717, 1.165) is 54.1 Å². The molecule has 0 fully saturated rings. The van der Waals surface area contributed by atoms with Gasteiger partial charge in [-0.2, -0.15) is 5.10 Å². The second kappa shape index (κ2) is 10.8. The van der Waals surface area contributed by atoms with Crippen molar-refractivity contribution in [2.45, 2.75) is 60.2 Å². The number of rotatable bonds is 6. The summed E-state index contributed by atoms with van der Waals surface area (Å²) in [5, 5.41) is 6.80. The van der Waals surface area contributed by atoms with Gasteiger partial charge in [-0.3, -0.25) is 9.48 Å². The van der Waals surface area contributed by atoms with Gasteiger partial charge in [-0.05, 0) is 89.4 Å². The Morgan fingerprint density at radius 2 is 1.76 bits per heavy atom. The molecule has 3 heterocycles. The normalized spacial score (nSPS) is 13.2. The molecule has 214 valence electrons. The number of benzene rings is 2. The van der Waals surface area contributed by atoms with Crippen LogP contribution in [-0.2, 0) is 21.3 Å². The summed E-state index contributed by atoms with van der Waals surface area (Å²) in [6, 6.07) is 12.0. The van der Waals surface area contributed by atoms with Crippen molar-refractivity contribution in [3.8, 4) is 21.7 Å². The average Bonchev–Trinajstić information content (AvgIpc) is 3.48. The lowest BCUT2D eigenvalue weighted by Gasteiger charge is -2.31. The zero-order valence-corrected chi connectivity index (χ0v) is 26.3. The van der Waals surface area contributed by atoms with Crippen molar-refractivity contribution in [2.75, 3.05) is 6.61 Å². The monoisotopic (exact) mass is 590 g/mol. The van der Waals surface area contributed by atoms with Gasteiger partial charge in [-0.25, -0.2) is 9.97 Å². The van der Waals surface area contributed by atoms with Crippen LogP contribution in [0.4, 0.5) is 0 Å². The van der Waals surface area contributed by atoms with E-state index < -0.39 is 17.1 Å². The van der Waals surface area contributed by atoms with E-state index in [2.05, 4.69) is 29.1 Å². The summed E-state index contributed by atoms with van der Waals surface area (Å²) in [5.74, 6) is -0.273. The molecule has 41 heavy (non-hydrogen) atoms. The average molecular weight is 591 g/mol. The Labute approximate surface area is 249 Å². The van der Waals surface area contributed by atoms with Crippen LogP contribution in [0.1, 0.15) is 58.8 Å². The molecule has 3 aromatic heterocycles. The highest BCUT2D eigenvalue weighted by atomic mass is 35.5. The summed E-state index contributed by atoms with van der Waals surface area (Å²) in [7, 11) is 1.88. The number of esters is 1. The van der Waals surface area contributed by atoms with Gasteiger partial charge in [0.25, 0.3) is 0 Å². The summed E-state index contributed by atoms with van der Waals surface area (Å²) < 4.78 is 15.2. The Bertz CT molecular complexity index is 1740. The number of thiazole rings is 1. The van der Waals surface area contributed by atoms with Gasteiger partial charge in [0.05, 0.1) is 27.4 Å². The van der Waals surface area contributed by atoms with E-state index in [1.165, 1.54) is 0 Å². The number of fused-ring (bicyclic) bond motifs is 2. The fourth-order valence-corrected chi connectivity index (χ4v) is 6.02. The van der Waals surface area contributed by atoms with Crippen LogP contribution in [0, 0.1) is 12.3 Å². The van der Waals surface area contributed by atoms with Crippen molar-refractivity contribution in [2.24, 2.45) is 12.5 Å². The van der Waals surface area contributed by atoms with Crippen LogP contribution in [0.2, 0.25) is 5.02 Å². The molecule has 0 aliphatic heterocycles. The van der Waals surface area contributed by atoms with E-state index >= 15 is 0 Å². The van der Waals surface area contributed by atoms with Gasteiger partial charge < -0.3 is 9.47 Å². The number of carbonyl (C=O) groups excluding carboxylic acids is 1. The Hall–Kier alpha value is -3.33. The molecule has 0 unspecified atom stereocenters. The molecule has 2 aromatic carbocycles. The first-order chi connectivity index (χ1) is 19.2. The van der Waals surface area contributed by atoms with Crippen molar-refractivity contribution in [3.63, 3.8) is 0 Å². The Morgan fingerprint density at radius 1 is 1.05 bits per heavy atom. The number of halogens is 1. The third-order valence-electron chi connectivity index (χ3n) is 6.68. The molecule has 0 aliphatic rings. The number of ether oxygens (including phenoxy) is 2. The number of hydrogen-bond donors (Lipinski definition) is 0. The number of carbonyl (C=O) groups is 1. The molecule has 0 N–H and O–H groups in total.